The summed E-state index contributed by atoms with van der Waals surface area (Å²) in [7, 11) is 0. The van der Waals surface area contributed by atoms with Gasteiger partial charge in [-0.15, -0.1) is 0 Å². The normalized spacial score (nSPS) is 17.0. The van der Waals surface area contributed by atoms with Gasteiger partial charge in [-0.05, 0) is 66.6 Å². The first-order valence-electron chi connectivity index (χ1n) is 14.2. The average molecular weight is 620 g/mol. The van der Waals surface area contributed by atoms with E-state index in [0.29, 0.717) is 25.8 Å². The third kappa shape index (κ3) is 6.81. The smallest absolute Gasteiger partial charge is 0.409 e. The molecule has 1 N–H and O–H groups in total. The Morgan fingerprint density at radius 3 is 2.22 bits per heavy atom. The first-order chi connectivity index (χ1) is 19.8. The van der Waals surface area contributed by atoms with E-state index in [1.54, 1.807) is 18.7 Å². The molecule has 0 radical (unpaired) electrons. The molecule has 0 aromatic heterocycles. The SMILES string of the molecule is CC(C)OC(=O)C(Cc1ccc(Br)cc1)NC(=O)C1CCCN(C(=O)OCC2c3ccccc3-c3ccccc32)C1. The fourth-order valence-electron chi connectivity index (χ4n) is 5.70. The van der Waals surface area contributed by atoms with Gasteiger partial charge in [0, 0.05) is 29.9 Å². The van der Waals surface area contributed by atoms with Crippen LogP contribution in [-0.4, -0.2) is 54.7 Å². The number of nitrogens with zero attached hydrogens (tertiary/aromatic N) is 1. The standard InChI is InChI=1S/C33H35BrN2O5/c1-21(2)41-32(38)30(18-22-13-15-24(34)16-14-22)35-31(37)23-8-7-17-36(19-23)33(39)40-20-29-27-11-5-3-9-25(27)26-10-4-6-12-28(26)29/h3-6,9-16,21,23,29-30H,7-8,17-20H2,1-2H3,(H,35,37). The number of rotatable bonds is 8. The Hall–Kier alpha value is -3.65. The number of esters is 1. The van der Waals surface area contributed by atoms with Gasteiger partial charge in [-0.25, -0.2) is 9.59 Å². The molecular weight excluding hydrogens is 584 g/mol. The Morgan fingerprint density at radius 2 is 1.59 bits per heavy atom. The van der Waals surface area contributed by atoms with Crippen LogP contribution in [0, 0.1) is 5.92 Å². The van der Waals surface area contributed by atoms with Crippen LogP contribution in [0.4, 0.5) is 4.79 Å². The Morgan fingerprint density at radius 1 is 0.951 bits per heavy atom. The quantitative estimate of drug-likeness (QED) is 0.309. The molecule has 0 saturated carbocycles. The molecule has 2 atom stereocenters. The molecule has 1 aliphatic carbocycles. The van der Waals surface area contributed by atoms with Gasteiger partial charge in [0.25, 0.3) is 0 Å². The van der Waals surface area contributed by atoms with E-state index < -0.39 is 24.0 Å². The minimum atomic E-state index is -0.823. The monoisotopic (exact) mass is 618 g/mol. The van der Waals surface area contributed by atoms with Crippen molar-refractivity contribution in [2.24, 2.45) is 5.92 Å². The number of benzene rings is 3. The van der Waals surface area contributed by atoms with Gasteiger partial charge >= 0.3 is 12.1 Å². The molecule has 1 fully saturated rings. The lowest BCUT2D eigenvalue weighted by molar-refractivity contribution is -0.152. The van der Waals surface area contributed by atoms with Crippen molar-refractivity contribution in [3.63, 3.8) is 0 Å². The predicted molar refractivity (Wildman–Crippen MR) is 160 cm³/mol. The third-order valence-corrected chi connectivity index (χ3v) is 8.22. The highest BCUT2D eigenvalue weighted by Crippen LogP contribution is 2.44. The van der Waals surface area contributed by atoms with Gasteiger partial charge in [0.15, 0.2) is 0 Å². The molecule has 1 aliphatic heterocycles. The molecule has 3 aromatic rings. The van der Waals surface area contributed by atoms with Crippen LogP contribution in [0.3, 0.4) is 0 Å². The lowest BCUT2D eigenvalue weighted by Crippen LogP contribution is -2.50. The van der Waals surface area contributed by atoms with Crippen LogP contribution in [0.2, 0.25) is 0 Å². The summed E-state index contributed by atoms with van der Waals surface area (Å²) in [5.41, 5.74) is 5.56. The van der Waals surface area contributed by atoms with Crippen molar-refractivity contribution in [3.8, 4) is 11.1 Å². The van der Waals surface area contributed by atoms with E-state index in [0.717, 1.165) is 21.2 Å². The molecule has 7 nitrogen and oxygen atoms in total. The molecule has 1 saturated heterocycles. The number of carbonyl (C=O) groups excluding carboxylic acids is 3. The fraction of sp³-hybridized carbons (Fsp3) is 0.364. The highest BCUT2D eigenvalue weighted by molar-refractivity contribution is 9.10. The largest absolute Gasteiger partial charge is 0.461 e. The van der Waals surface area contributed by atoms with E-state index in [4.69, 9.17) is 9.47 Å². The molecule has 0 spiro atoms. The van der Waals surface area contributed by atoms with E-state index in [1.807, 2.05) is 48.5 Å². The maximum absolute atomic E-state index is 13.3. The van der Waals surface area contributed by atoms with Crippen LogP contribution in [-0.2, 0) is 25.5 Å². The summed E-state index contributed by atoms with van der Waals surface area (Å²) >= 11 is 3.42. The Bertz CT molecular complexity index is 1360. The zero-order chi connectivity index (χ0) is 28.9. The second kappa shape index (κ2) is 12.9. The van der Waals surface area contributed by atoms with Crippen LogP contribution in [0.5, 0.6) is 0 Å². The molecule has 2 unspecified atom stereocenters. The number of piperidine rings is 1. The summed E-state index contributed by atoms with van der Waals surface area (Å²) in [5, 5.41) is 2.91. The predicted octanol–water partition coefficient (Wildman–Crippen LogP) is 6.09. The van der Waals surface area contributed by atoms with Gasteiger partial charge in [-0.2, -0.15) is 0 Å². The van der Waals surface area contributed by atoms with Gasteiger partial charge in [0.1, 0.15) is 12.6 Å². The fourth-order valence-corrected chi connectivity index (χ4v) is 5.96. The first kappa shape index (κ1) is 28.9. The summed E-state index contributed by atoms with van der Waals surface area (Å²) < 4.78 is 12.2. The highest BCUT2D eigenvalue weighted by Gasteiger charge is 2.34. The van der Waals surface area contributed by atoms with Crippen LogP contribution < -0.4 is 5.32 Å². The number of hydrogen-bond donors (Lipinski definition) is 1. The molecule has 214 valence electrons. The van der Waals surface area contributed by atoms with Gasteiger partial charge in [0.2, 0.25) is 5.91 Å². The number of hydrogen-bond acceptors (Lipinski definition) is 5. The van der Waals surface area contributed by atoms with Gasteiger partial charge in [0.05, 0.1) is 12.0 Å². The molecule has 0 bridgehead atoms. The topological polar surface area (TPSA) is 84.9 Å². The number of halogens is 1. The molecule has 2 amide bonds. The maximum atomic E-state index is 13.3. The van der Waals surface area contributed by atoms with Crippen molar-refractivity contribution in [2.75, 3.05) is 19.7 Å². The number of ether oxygens (including phenoxy) is 2. The van der Waals surface area contributed by atoms with E-state index in [2.05, 4.69) is 45.5 Å². The number of amides is 2. The van der Waals surface area contributed by atoms with Crippen molar-refractivity contribution in [1.29, 1.82) is 0 Å². The third-order valence-electron chi connectivity index (χ3n) is 7.69. The molecular formula is C33H35BrN2O5. The average Bonchev–Trinajstić information content (AvgIpc) is 3.30. The van der Waals surface area contributed by atoms with Crippen molar-refractivity contribution in [1.82, 2.24) is 10.2 Å². The zero-order valence-corrected chi connectivity index (χ0v) is 24.9. The number of likely N-dealkylation sites (tertiary alicyclic amines) is 1. The molecule has 41 heavy (non-hydrogen) atoms. The Balaban J connectivity index is 1.21. The Labute approximate surface area is 249 Å². The molecule has 5 rings (SSSR count). The van der Waals surface area contributed by atoms with E-state index >= 15 is 0 Å². The van der Waals surface area contributed by atoms with Crippen molar-refractivity contribution >= 4 is 33.9 Å². The molecule has 3 aromatic carbocycles. The summed E-state index contributed by atoms with van der Waals surface area (Å²) in [4.78, 5) is 41.0. The van der Waals surface area contributed by atoms with Crippen LogP contribution in [0.1, 0.15) is 49.3 Å². The van der Waals surface area contributed by atoms with E-state index in [-0.39, 0.29) is 31.1 Å². The number of fused-ring (bicyclic) bond motifs is 3. The lowest BCUT2D eigenvalue weighted by atomic mass is 9.96. The zero-order valence-electron chi connectivity index (χ0n) is 23.3. The summed E-state index contributed by atoms with van der Waals surface area (Å²) in [6.07, 6.45) is 0.896. The van der Waals surface area contributed by atoms with Crippen LogP contribution in [0.15, 0.2) is 77.3 Å². The second-order valence-corrected chi connectivity index (χ2v) is 11.9. The van der Waals surface area contributed by atoms with Gasteiger partial charge < -0.3 is 19.7 Å². The van der Waals surface area contributed by atoms with Gasteiger partial charge in [-0.1, -0.05) is 76.6 Å². The Kier molecular flexibility index (Phi) is 9.08. The number of carbonyl (C=O) groups is 3. The molecule has 1 heterocycles. The minimum Gasteiger partial charge on any atom is -0.461 e. The maximum Gasteiger partial charge on any atom is 0.409 e. The first-order valence-corrected chi connectivity index (χ1v) is 14.9. The lowest BCUT2D eigenvalue weighted by Gasteiger charge is -2.32. The number of nitrogens with one attached hydrogen (secondary N) is 1. The minimum absolute atomic E-state index is 0.0263. The van der Waals surface area contributed by atoms with E-state index in [1.165, 1.54) is 11.1 Å². The summed E-state index contributed by atoms with van der Waals surface area (Å²) in [6, 6.07) is 23.2. The molecule has 8 heteroatoms. The highest BCUT2D eigenvalue weighted by atomic mass is 79.9. The van der Waals surface area contributed by atoms with Gasteiger partial charge in [-0.3, -0.25) is 4.79 Å². The van der Waals surface area contributed by atoms with Crippen molar-refractivity contribution in [2.45, 2.75) is 51.2 Å². The summed E-state index contributed by atoms with van der Waals surface area (Å²) in [5.74, 6) is -1.20. The van der Waals surface area contributed by atoms with Crippen molar-refractivity contribution < 1.29 is 23.9 Å². The molecule has 2 aliphatic rings. The van der Waals surface area contributed by atoms with E-state index in [9.17, 15) is 14.4 Å². The van der Waals surface area contributed by atoms with Crippen LogP contribution in [0.25, 0.3) is 11.1 Å². The van der Waals surface area contributed by atoms with Crippen LogP contribution >= 0.6 is 15.9 Å². The summed E-state index contributed by atoms with van der Waals surface area (Å²) in [6.45, 7) is 4.56. The van der Waals surface area contributed by atoms with Crippen molar-refractivity contribution in [3.05, 3.63) is 94.0 Å². The second-order valence-electron chi connectivity index (χ2n) is 11.0.